The second-order valence-electron chi connectivity index (χ2n) is 7.06. The van der Waals surface area contributed by atoms with E-state index in [1.54, 1.807) is 37.7 Å². The first kappa shape index (κ1) is 20.0. The number of nitriles is 2. The molecule has 0 saturated heterocycles. The smallest absolute Gasteiger partial charge is 0.225 e. The Bertz CT molecular complexity index is 488. The van der Waals surface area contributed by atoms with Gasteiger partial charge in [-0.3, -0.25) is 9.59 Å². The molecule has 0 aromatic rings. The van der Waals surface area contributed by atoms with Crippen LogP contribution in [0.2, 0.25) is 0 Å². The van der Waals surface area contributed by atoms with Crippen molar-refractivity contribution in [1.29, 1.82) is 10.5 Å². The van der Waals surface area contributed by atoms with Gasteiger partial charge in [-0.25, -0.2) is 0 Å². The van der Waals surface area contributed by atoms with Crippen LogP contribution in [0, 0.1) is 46.3 Å². The van der Waals surface area contributed by atoms with E-state index in [9.17, 15) is 9.59 Å². The molecule has 1 fully saturated rings. The molecule has 1 aliphatic carbocycles. The van der Waals surface area contributed by atoms with Crippen LogP contribution in [0.3, 0.4) is 0 Å². The SMILES string of the molecule is C[C@H](C#N)CN(C)C(=O)[C@@H]1CCC[C@@H](C(=O)N(C)C[C@H](C)C#N)C1. The number of rotatable bonds is 6. The standard InChI is InChI=1S/C18H28N4O2/c1-13(9-19)11-21(3)17(23)15-6-5-7-16(8-15)18(24)22(4)12-14(2)10-20/h13-16H,5-8,11-12H2,1-4H3/t13-,14-,15-,16-/m1/s1. The molecule has 6 nitrogen and oxygen atoms in total. The average molecular weight is 332 g/mol. The number of carbonyl (C=O) groups is 2. The highest BCUT2D eigenvalue weighted by Gasteiger charge is 2.34. The van der Waals surface area contributed by atoms with Crippen molar-refractivity contribution >= 4 is 11.8 Å². The van der Waals surface area contributed by atoms with Crippen LogP contribution in [0.25, 0.3) is 0 Å². The van der Waals surface area contributed by atoms with E-state index >= 15 is 0 Å². The summed E-state index contributed by atoms with van der Waals surface area (Å²) in [6.45, 7) is 4.43. The van der Waals surface area contributed by atoms with Gasteiger partial charge in [0, 0.05) is 39.0 Å². The van der Waals surface area contributed by atoms with E-state index in [0.29, 0.717) is 19.5 Å². The zero-order valence-corrected chi connectivity index (χ0v) is 15.2. The Morgan fingerprint density at radius 2 is 1.33 bits per heavy atom. The highest BCUT2D eigenvalue weighted by atomic mass is 16.2. The van der Waals surface area contributed by atoms with Crippen molar-refractivity contribution < 1.29 is 9.59 Å². The zero-order chi connectivity index (χ0) is 18.3. The summed E-state index contributed by atoms with van der Waals surface area (Å²) >= 11 is 0. The molecule has 0 N–H and O–H groups in total. The van der Waals surface area contributed by atoms with Crippen LogP contribution >= 0.6 is 0 Å². The fraction of sp³-hybridized carbons (Fsp3) is 0.778. The Morgan fingerprint density at radius 3 is 1.67 bits per heavy atom. The molecule has 0 spiro atoms. The maximum Gasteiger partial charge on any atom is 0.225 e. The quantitative estimate of drug-likeness (QED) is 0.744. The van der Waals surface area contributed by atoms with Crippen LogP contribution < -0.4 is 0 Å². The van der Waals surface area contributed by atoms with Crippen LogP contribution in [-0.4, -0.2) is 48.8 Å². The van der Waals surface area contributed by atoms with Gasteiger partial charge in [-0.15, -0.1) is 0 Å². The highest BCUT2D eigenvalue weighted by Crippen LogP contribution is 2.31. The minimum absolute atomic E-state index is 0.0302. The van der Waals surface area contributed by atoms with Crippen LogP contribution in [0.1, 0.15) is 39.5 Å². The van der Waals surface area contributed by atoms with E-state index in [4.69, 9.17) is 10.5 Å². The van der Waals surface area contributed by atoms with E-state index < -0.39 is 0 Å². The summed E-state index contributed by atoms with van der Waals surface area (Å²) in [6.07, 6.45) is 3.02. The Hall–Kier alpha value is -2.08. The average Bonchev–Trinajstić information content (AvgIpc) is 2.59. The zero-order valence-electron chi connectivity index (χ0n) is 15.2. The first-order valence-corrected chi connectivity index (χ1v) is 8.59. The number of hydrogen-bond acceptors (Lipinski definition) is 4. The molecule has 0 aromatic carbocycles. The van der Waals surface area contributed by atoms with E-state index in [-0.39, 0.29) is 35.5 Å². The summed E-state index contributed by atoms with van der Waals surface area (Å²) < 4.78 is 0. The van der Waals surface area contributed by atoms with Crippen molar-refractivity contribution in [3.05, 3.63) is 0 Å². The third-order valence-corrected chi connectivity index (χ3v) is 4.66. The third kappa shape index (κ3) is 5.53. The predicted octanol–water partition coefficient (Wildman–Crippen LogP) is 2.03. The number of carbonyl (C=O) groups excluding carboxylic acids is 2. The van der Waals surface area contributed by atoms with Crippen LogP contribution in [0.4, 0.5) is 0 Å². The predicted molar refractivity (Wildman–Crippen MR) is 90.3 cm³/mol. The van der Waals surface area contributed by atoms with Crippen LogP contribution in [0.5, 0.6) is 0 Å². The van der Waals surface area contributed by atoms with Gasteiger partial charge in [0.1, 0.15) is 0 Å². The number of nitrogens with zero attached hydrogens (tertiary/aromatic N) is 4. The van der Waals surface area contributed by atoms with Crippen molar-refractivity contribution in [3.8, 4) is 12.1 Å². The lowest BCUT2D eigenvalue weighted by atomic mass is 9.80. The van der Waals surface area contributed by atoms with Gasteiger partial charge < -0.3 is 9.80 Å². The second kappa shape index (κ2) is 9.27. The maximum atomic E-state index is 12.6. The summed E-state index contributed by atoms with van der Waals surface area (Å²) in [6, 6.07) is 4.28. The Labute approximate surface area is 145 Å². The van der Waals surface area contributed by atoms with Gasteiger partial charge in [-0.2, -0.15) is 10.5 Å². The van der Waals surface area contributed by atoms with E-state index in [0.717, 1.165) is 19.3 Å². The second-order valence-corrected chi connectivity index (χ2v) is 7.06. The van der Waals surface area contributed by atoms with Crippen molar-refractivity contribution in [3.63, 3.8) is 0 Å². The van der Waals surface area contributed by atoms with E-state index in [1.165, 1.54) is 0 Å². The Balaban J connectivity index is 2.63. The molecule has 0 heterocycles. The lowest BCUT2D eigenvalue weighted by Crippen LogP contribution is -2.42. The monoisotopic (exact) mass is 332 g/mol. The van der Waals surface area contributed by atoms with Crippen molar-refractivity contribution in [2.75, 3.05) is 27.2 Å². The fourth-order valence-electron chi connectivity index (χ4n) is 3.34. The minimum Gasteiger partial charge on any atom is -0.344 e. The van der Waals surface area contributed by atoms with Gasteiger partial charge in [0.05, 0.1) is 24.0 Å². The van der Waals surface area contributed by atoms with Gasteiger partial charge in [-0.1, -0.05) is 6.42 Å². The molecule has 0 unspecified atom stereocenters. The molecule has 0 bridgehead atoms. The molecule has 132 valence electrons. The van der Waals surface area contributed by atoms with Gasteiger partial charge in [-0.05, 0) is 33.1 Å². The third-order valence-electron chi connectivity index (χ3n) is 4.66. The number of amides is 2. The van der Waals surface area contributed by atoms with Gasteiger partial charge in [0.2, 0.25) is 11.8 Å². The molecule has 1 aliphatic rings. The van der Waals surface area contributed by atoms with Crippen molar-refractivity contribution in [1.82, 2.24) is 9.80 Å². The molecule has 6 heteroatoms. The van der Waals surface area contributed by atoms with Gasteiger partial charge in [0.25, 0.3) is 0 Å². The summed E-state index contributed by atoms with van der Waals surface area (Å²) in [4.78, 5) is 28.4. The van der Waals surface area contributed by atoms with Crippen molar-refractivity contribution in [2.45, 2.75) is 39.5 Å². The van der Waals surface area contributed by atoms with E-state index in [2.05, 4.69) is 12.1 Å². The largest absolute Gasteiger partial charge is 0.344 e. The summed E-state index contributed by atoms with van der Waals surface area (Å²) in [5.41, 5.74) is 0. The van der Waals surface area contributed by atoms with Crippen molar-refractivity contribution in [2.24, 2.45) is 23.7 Å². The molecule has 24 heavy (non-hydrogen) atoms. The van der Waals surface area contributed by atoms with Crippen LogP contribution in [-0.2, 0) is 9.59 Å². The molecular formula is C18H28N4O2. The molecular weight excluding hydrogens is 304 g/mol. The lowest BCUT2D eigenvalue weighted by molar-refractivity contribution is -0.140. The molecule has 1 rings (SSSR count). The van der Waals surface area contributed by atoms with E-state index in [1.807, 2.05) is 0 Å². The van der Waals surface area contributed by atoms with Gasteiger partial charge in [0.15, 0.2) is 0 Å². The normalized spacial score (nSPS) is 22.6. The minimum atomic E-state index is -0.196. The first-order valence-electron chi connectivity index (χ1n) is 8.59. The van der Waals surface area contributed by atoms with Gasteiger partial charge >= 0.3 is 0 Å². The number of hydrogen-bond donors (Lipinski definition) is 0. The molecule has 1 saturated carbocycles. The molecule has 2 amide bonds. The summed E-state index contributed by atoms with van der Waals surface area (Å²) in [5, 5.41) is 17.8. The Morgan fingerprint density at radius 1 is 0.958 bits per heavy atom. The van der Waals surface area contributed by atoms with Crippen LogP contribution in [0.15, 0.2) is 0 Å². The summed E-state index contributed by atoms with van der Waals surface area (Å²) in [7, 11) is 3.45. The molecule has 0 aliphatic heterocycles. The highest BCUT2D eigenvalue weighted by molar-refractivity contribution is 5.82. The Kier molecular flexibility index (Phi) is 7.71. The topological polar surface area (TPSA) is 88.2 Å². The fourth-order valence-corrected chi connectivity index (χ4v) is 3.34. The molecule has 0 radical (unpaired) electrons. The maximum absolute atomic E-state index is 12.6. The summed E-state index contributed by atoms with van der Waals surface area (Å²) in [5.74, 6) is -0.627. The molecule has 4 atom stereocenters. The first-order chi connectivity index (χ1) is 11.3. The molecule has 0 aromatic heterocycles. The lowest BCUT2D eigenvalue weighted by Gasteiger charge is -2.33.